The van der Waals surface area contributed by atoms with E-state index in [9.17, 15) is 14.9 Å². The third-order valence-electron chi connectivity index (χ3n) is 5.81. The van der Waals surface area contributed by atoms with Crippen LogP contribution in [0.4, 0.5) is 5.00 Å². The number of hydrogen-bond donors (Lipinski definition) is 3. The van der Waals surface area contributed by atoms with Gasteiger partial charge >= 0.3 is 5.97 Å². The fourth-order valence-electron chi connectivity index (χ4n) is 4.28. The molecule has 1 aliphatic heterocycles. The number of fused-ring (bicyclic) bond motifs is 1. The summed E-state index contributed by atoms with van der Waals surface area (Å²) < 4.78 is 5.25. The van der Waals surface area contributed by atoms with Crippen molar-refractivity contribution < 1.29 is 14.3 Å². The van der Waals surface area contributed by atoms with Crippen LogP contribution < -0.4 is 16.2 Å². The van der Waals surface area contributed by atoms with Crippen molar-refractivity contribution in [1.29, 1.82) is 5.26 Å². The summed E-state index contributed by atoms with van der Waals surface area (Å²) in [5.41, 5.74) is 8.86. The van der Waals surface area contributed by atoms with E-state index in [-0.39, 0.29) is 24.1 Å². The van der Waals surface area contributed by atoms with E-state index in [0.717, 1.165) is 41.7 Å². The van der Waals surface area contributed by atoms with Gasteiger partial charge in [0, 0.05) is 17.3 Å². The zero-order valence-corrected chi connectivity index (χ0v) is 18.8. The number of ether oxygens (including phenoxy) is 1. The van der Waals surface area contributed by atoms with Crippen molar-refractivity contribution in [2.45, 2.75) is 38.6 Å². The summed E-state index contributed by atoms with van der Waals surface area (Å²) in [6.45, 7) is 2.63. The number of hydrazine groups is 1. The summed E-state index contributed by atoms with van der Waals surface area (Å²) in [5, 5.41) is 13.0. The zero-order chi connectivity index (χ0) is 22.5. The largest absolute Gasteiger partial charge is 0.462 e. The van der Waals surface area contributed by atoms with Gasteiger partial charge in [0.25, 0.3) is 5.91 Å². The Morgan fingerprint density at radius 1 is 1.28 bits per heavy atom. The lowest BCUT2D eigenvalue weighted by Crippen LogP contribution is -2.24. The van der Waals surface area contributed by atoms with E-state index in [1.807, 2.05) is 36.4 Å². The van der Waals surface area contributed by atoms with Gasteiger partial charge in [-0.05, 0) is 43.7 Å². The molecule has 2 aliphatic rings. The van der Waals surface area contributed by atoms with Crippen LogP contribution in [0.15, 0.2) is 42.0 Å². The van der Waals surface area contributed by atoms with Gasteiger partial charge in [-0.15, -0.1) is 11.3 Å². The molecule has 1 aliphatic carbocycles. The minimum absolute atomic E-state index is 0.0302. The number of carbonyl (C=O) groups excluding carboxylic acids is 2. The fourth-order valence-corrected chi connectivity index (χ4v) is 5.55. The number of carbonyl (C=O) groups is 2. The van der Waals surface area contributed by atoms with E-state index in [1.165, 1.54) is 11.3 Å². The van der Waals surface area contributed by atoms with E-state index in [0.29, 0.717) is 17.1 Å². The fraction of sp³-hybridized carbons (Fsp3) is 0.375. The highest BCUT2D eigenvalue weighted by Crippen LogP contribution is 2.39. The molecule has 166 valence electrons. The predicted octanol–water partition coefficient (Wildman–Crippen LogP) is 3.66. The van der Waals surface area contributed by atoms with Gasteiger partial charge < -0.3 is 10.1 Å². The van der Waals surface area contributed by atoms with Crippen LogP contribution in [0.2, 0.25) is 0 Å². The quantitative estimate of drug-likeness (QED) is 0.353. The summed E-state index contributed by atoms with van der Waals surface area (Å²) >= 11 is 1.42. The molecule has 2 aromatic rings. The minimum atomic E-state index is -0.504. The number of nitrogens with one attached hydrogen (secondary N) is 3. The second-order valence-electron chi connectivity index (χ2n) is 7.86. The Balaban J connectivity index is 1.58. The molecular weight excluding hydrogens is 424 g/mol. The van der Waals surface area contributed by atoms with Crippen LogP contribution in [0.1, 0.15) is 52.2 Å². The highest BCUT2D eigenvalue weighted by Gasteiger charge is 2.30. The first-order chi connectivity index (χ1) is 15.6. The third-order valence-corrected chi connectivity index (χ3v) is 7.01. The predicted molar refractivity (Wildman–Crippen MR) is 123 cm³/mol. The maximum Gasteiger partial charge on any atom is 0.341 e. The van der Waals surface area contributed by atoms with Crippen molar-refractivity contribution >= 4 is 28.2 Å². The van der Waals surface area contributed by atoms with Gasteiger partial charge in [-0.2, -0.15) is 5.26 Å². The number of aryl methyl sites for hydroxylation is 1. The number of benzene rings is 1. The number of nitrogens with zero attached hydrogens (tertiary/aromatic N) is 1. The van der Waals surface area contributed by atoms with Crippen LogP contribution in [-0.2, 0) is 22.4 Å². The third kappa shape index (κ3) is 4.60. The van der Waals surface area contributed by atoms with E-state index < -0.39 is 11.9 Å². The molecular formula is C24H26N4O3S. The van der Waals surface area contributed by atoms with E-state index in [1.54, 1.807) is 13.0 Å². The second kappa shape index (κ2) is 10.1. The Morgan fingerprint density at radius 3 is 2.81 bits per heavy atom. The number of nitriles is 1. The average Bonchev–Trinajstić information content (AvgIpc) is 3.42. The molecule has 0 bridgehead atoms. The van der Waals surface area contributed by atoms with Gasteiger partial charge in [-0.3, -0.25) is 10.2 Å². The van der Waals surface area contributed by atoms with Crippen LogP contribution in [0, 0.1) is 17.2 Å². The molecule has 2 unspecified atom stereocenters. The van der Waals surface area contributed by atoms with Crippen molar-refractivity contribution in [2.24, 2.45) is 5.92 Å². The van der Waals surface area contributed by atoms with Gasteiger partial charge in [0.15, 0.2) is 0 Å². The first kappa shape index (κ1) is 22.2. The van der Waals surface area contributed by atoms with Gasteiger partial charge in [-0.25, -0.2) is 10.2 Å². The molecule has 3 N–H and O–H groups in total. The number of hydrogen-bond acceptors (Lipinski definition) is 7. The van der Waals surface area contributed by atoms with Crippen molar-refractivity contribution in [1.82, 2.24) is 10.9 Å². The van der Waals surface area contributed by atoms with Crippen molar-refractivity contribution in [2.75, 3.05) is 18.5 Å². The lowest BCUT2D eigenvalue weighted by atomic mass is 9.93. The lowest BCUT2D eigenvalue weighted by Gasteiger charge is -2.16. The molecule has 32 heavy (non-hydrogen) atoms. The summed E-state index contributed by atoms with van der Waals surface area (Å²) in [6, 6.07) is 11.9. The van der Waals surface area contributed by atoms with Crippen molar-refractivity contribution in [3.8, 4) is 6.07 Å². The number of rotatable bonds is 6. The Kier molecular flexibility index (Phi) is 7.00. The molecule has 4 rings (SSSR count). The van der Waals surface area contributed by atoms with Crippen LogP contribution >= 0.6 is 11.3 Å². The standard InChI is InChI=1S/C24H26N4O3S/c1-2-31-24(30)20-18-10-6-7-11-19(18)32-23(20)27-22(29)16(13-25)12-17-14-26-28-21(17)15-8-4-3-5-9-15/h3-5,8-9,12,17,21,26,28H,2,6-7,10-11,14H2,1H3,(H,27,29)/b16-12-. The van der Waals surface area contributed by atoms with Gasteiger partial charge in [0.05, 0.1) is 18.2 Å². The first-order valence-corrected chi connectivity index (χ1v) is 11.7. The zero-order valence-electron chi connectivity index (χ0n) is 17.9. The van der Waals surface area contributed by atoms with Gasteiger partial charge in [-0.1, -0.05) is 36.4 Å². The first-order valence-electron chi connectivity index (χ1n) is 10.9. The Hall–Kier alpha value is -2.99. The molecule has 1 amide bonds. The van der Waals surface area contributed by atoms with Crippen molar-refractivity contribution in [3.63, 3.8) is 0 Å². The number of anilines is 1. The molecule has 2 atom stereocenters. The number of esters is 1. The monoisotopic (exact) mass is 450 g/mol. The lowest BCUT2D eigenvalue weighted by molar-refractivity contribution is -0.112. The van der Waals surface area contributed by atoms with Crippen LogP contribution in [0.5, 0.6) is 0 Å². The minimum Gasteiger partial charge on any atom is -0.462 e. The summed E-state index contributed by atoms with van der Waals surface area (Å²) in [4.78, 5) is 26.8. The average molecular weight is 451 g/mol. The van der Waals surface area contributed by atoms with Gasteiger partial charge in [0.2, 0.25) is 0 Å². The highest BCUT2D eigenvalue weighted by atomic mass is 32.1. The molecule has 1 aromatic heterocycles. The topological polar surface area (TPSA) is 103 Å². The Morgan fingerprint density at radius 2 is 2.06 bits per heavy atom. The summed E-state index contributed by atoms with van der Waals surface area (Å²) in [6.07, 6.45) is 5.47. The highest BCUT2D eigenvalue weighted by molar-refractivity contribution is 7.17. The normalized spacial score (nSPS) is 20.3. The number of amides is 1. The van der Waals surface area contributed by atoms with E-state index in [4.69, 9.17) is 4.74 Å². The van der Waals surface area contributed by atoms with Gasteiger partial charge in [0.1, 0.15) is 16.6 Å². The maximum atomic E-state index is 13.0. The molecule has 8 heteroatoms. The van der Waals surface area contributed by atoms with Crippen LogP contribution in [-0.4, -0.2) is 25.0 Å². The Bertz CT molecular complexity index is 1070. The second-order valence-corrected chi connectivity index (χ2v) is 8.96. The van der Waals surface area contributed by atoms with Crippen LogP contribution in [0.3, 0.4) is 0 Å². The molecule has 1 saturated heterocycles. The molecule has 2 heterocycles. The molecule has 7 nitrogen and oxygen atoms in total. The SMILES string of the molecule is CCOC(=O)c1c(NC(=O)/C(C#N)=C\C2CNNC2c2ccccc2)sc2c1CCCC2. The molecule has 1 aromatic carbocycles. The van der Waals surface area contributed by atoms with E-state index in [2.05, 4.69) is 16.2 Å². The maximum absolute atomic E-state index is 13.0. The van der Waals surface area contributed by atoms with Crippen molar-refractivity contribution in [3.05, 3.63) is 63.5 Å². The summed E-state index contributed by atoms with van der Waals surface area (Å²) in [5.74, 6) is -0.993. The molecule has 0 radical (unpaired) electrons. The molecule has 1 fully saturated rings. The Labute approximate surface area is 191 Å². The summed E-state index contributed by atoms with van der Waals surface area (Å²) in [7, 11) is 0. The number of thiophene rings is 1. The smallest absolute Gasteiger partial charge is 0.341 e. The van der Waals surface area contributed by atoms with E-state index >= 15 is 0 Å². The molecule has 0 spiro atoms. The molecule has 0 saturated carbocycles. The van der Waals surface area contributed by atoms with Crippen LogP contribution in [0.25, 0.3) is 0 Å².